The van der Waals surface area contributed by atoms with Crippen molar-refractivity contribution in [2.75, 3.05) is 25.4 Å². The molecule has 1 saturated heterocycles. The van der Waals surface area contributed by atoms with E-state index in [2.05, 4.69) is 5.32 Å². The quantitative estimate of drug-likeness (QED) is 0.768. The standard InChI is InChI=1S/C19H30N2O3S/c1-16(2)14-20-19(22)18-11-6-12-21(15-18)25(23,24)13-7-10-17-8-4-3-5-9-17/h3-5,8-9,16,18H,6-7,10-15H2,1-2H3,(H,20,22)/t18-/m1/s1. The molecule has 1 N–H and O–H groups in total. The number of benzene rings is 1. The van der Waals surface area contributed by atoms with Crippen LogP contribution in [-0.4, -0.2) is 44.0 Å². The van der Waals surface area contributed by atoms with Gasteiger partial charge in [-0.1, -0.05) is 44.2 Å². The molecular formula is C19H30N2O3S. The second kappa shape index (κ2) is 9.34. The second-order valence-electron chi connectivity index (χ2n) is 7.24. The van der Waals surface area contributed by atoms with Crippen LogP contribution in [-0.2, 0) is 21.2 Å². The Morgan fingerprint density at radius 1 is 1.28 bits per heavy atom. The molecule has 0 aliphatic carbocycles. The highest BCUT2D eigenvalue weighted by atomic mass is 32.2. The first-order valence-electron chi connectivity index (χ1n) is 9.18. The molecule has 25 heavy (non-hydrogen) atoms. The van der Waals surface area contributed by atoms with E-state index in [-0.39, 0.29) is 17.6 Å². The van der Waals surface area contributed by atoms with Crippen molar-refractivity contribution in [1.29, 1.82) is 0 Å². The number of hydrogen-bond donors (Lipinski definition) is 1. The summed E-state index contributed by atoms with van der Waals surface area (Å²) in [6, 6.07) is 9.92. The number of hydrogen-bond acceptors (Lipinski definition) is 3. The lowest BCUT2D eigenvalue weighted by molar-refractivity contribution is -0.126. The highest BCUT2D eigenvalue weighted by Crippen LogP contribution is 2.20. The summed E-state index contributed by atoms with van der Waals surface area (Å²) in [5, 5.41) is 2.93. The molecule has 0 aromatic heterocycles. The molecule has 0 saturated carbocycles. The highest BCUT2D eigenvalue weighted by Gasteiger charge is 2.31. The Bertz CT molecular complexity index is 644. The van der Waals surface area contributed by atoms with E-state index in [0.717, 1.165) is 24.8 Å². The smallest absolute Gasteiger partial charge is 0.224 e. The van der Waals surface area contributed by atoms with E-state index in [9.17, 15) is 13.2 Å². The van der Waals surface area contributed by atoms with E-state index < -0.39 is 10.0 Å². The van der Waals surface area contributed by atoms with Crippen molar-refractivity contribution in [3.63, 3.8) is 0 Å². The van der Waals surface area contributed by atoms with Crippen LogP contribution in [0.15, 0.2) is 30.3 Å². The van der Waals surface area contributed by atoms with Crippen molar-refractivity contribution >= 4 is 15.9 Å². The molecule has 1 aromatic rings. The van der Waals surface area contributed by atoms with Gasteiger partial charge in [0.1, 0.15) is 0 Å². The van der Waals surface area contributed by atoms with Crippen LogP contribution in [0.3, 0.4) is 0 Å². The first kappa shape index (κ1) is 19.9. The van der Waals surface area contributed by atoms with Gasteiger partial charge in [-0.3, -0.25) is 4.79 Å². The fraction of sp³-hybridized carbons (Fsp3) is 0.632. The number of nitrogens with zero attached hydrogens (tertiary/aromatic N) is 1. The molecule has 140 valence electrons. The summed E-state index contributed by atoms with van der Waals surface area (Å²) >= 11 is 0. The van der Waals surface area contributed by atoms with Crippen LogP contribution in [0.1, 0.15) is 38.7 Å². The molecule has 1 atom stereocenters. The Balaban J connectivity index is 1.84. The van der Waals surface area contributed by atoms with Crippen LogP contribution in [0.4, 0.5) is 0 Å². The molecule has 6 heteroatoms. The van der Waals surface area contributed by atoms with Gasteiger partial charge in [-0.25, -0.2) is 12.7 Å². The largest absolute Gasteiger partial charge is 0.356 e. The Morgan fingerprint density at radius 3 is 2.68 bits per heavy atom. The number of aryl methyl sites for hydroxylation is 1. The lowest BCUT2D eigenvalue weighted by atomic mass is 9.98. The fourth-order valence-corrected chi connectivity index (χ4v) is 4.67. The first-order valence-corrected chi connectivity index (χ1v) is 10.8. The van der Waals surface area contributed by atoms with E-state index in [1.165, 1.54) is 4.31 Å². The van der Waals surface area contributed by atoms with E-state index in [1.807, 2.05) is 44.2 Å². The molecule has 1 fully saturated rings. The molecule has 1 amide bonds. The lowest BCUT2D eigenvalue weighted by Gasteiger charge is -2.31. The average Bonchev–Trinajstić information content (AvgIpc) is 2.60. The third-order valence-electron chi connectivity index (χ3n) is 4.54. The normalized spacial score (nSPS) is 19.1. The van der Waals surface area contributed by atoms with Gasteiger partial charge in [-0.15, -0.1) is 0 Å². The monoisotopic (exact) mass is 366 g/mol. The summed E-state index contributed by atoms with van der Waals surface area (Å²) in [7, 11) is -3.30. The summed E-state index contributed by atoms with van der Waals surface area (Å²) in [6.07, 6.45) is 2.87. The minimum Gasteiger partial charge on any atom is -0.356 e. The zero-order chi connectivity index (χ0) is 18.3. The van der Waals surface area contributed by atoms with Crippen LogP contribution in [0.25, 0.3) is 0 Å². The Kier molecular flexibility index (Phi) is 7.44. The average molecular weight is 367 g/mol. The highest BCUT2D eigenvalue weighted by molar-refractivity contribution is 7.89. The van der Waals surface area contributed by atoms with Gasteiger partial charge in [0.25, 0.3) is 0 Å². The first-order chi connectivity index (χ1) is 11.9. The summed E-state index contributed by atoms with van der Waals surface area (Å²) in [6.45, 7) is 5.58. The Morgan fingerprint density at radius 2 is 2.00 bits per heavy atom. The van der Waals surface area contributed by atoms with Gasteiger partial charge in [0.15, 0.2) is 0 Å². The van der Waals surface area contributed by atoms with Crippen molar-refractivity contribution in [2.45, 2.75) is 39.5 Å². The minimum atomic E-state index is -3.30. The van der Waals surface area contributed by atoms with Crippen molar-refractivity contribution in [3.8, 4) is 0 Å². The molecule has 0 bridgehead atoms. The van der Waals surface area contributed by atoms with Gasteiger partial charge in [0, 0.05) is 19.6 Å². The molecular weight excluding hydrogens is 336 g/mol. The van der Waals surface area contributed by atoms with Crippen LogP contribution >= 0.6 is 0 Å². The molecule has 5 nitrogen and oxygen atoms in total. The number of nitrogens with one attached hydrogen (secondary N) is 1. The zero-order valence-electron chi connectivity index (χ0n) is 15.3. The molecule has 0 spiro atoms. The van der Waals surface area contributed by atoms with Gasteiger partial charge in [-0.2, -0.15) is 0 Å². The molecule has 1 aromatic carbocycles. The predicted octanol–water partition coefficient (Wildman–Crippen LogP) is 2.43. The van der Waals surface area contributed by atoms with E-state index in [0.29, 0.717) is 32.0 Å². The van der Waals surface area contributed by atoms with Gasteiger partial charge in [0.2, 0.25) is 15.9 Å². The third kappa shape index (κ3) is 6.44. The second-order valence-corrected chi connectivity index (χ2v) is 9.33. The maximum atomic E-state index is 12.6. The van der Waals surface area contributed by atoms with Crippen LogP contribution < -0.4 is 5.32 Å². The number of rotatable bonds is 8. The number of carbonyl (C=O) groups is 1. The summed E-state index contributed by atoms with van der Waals surface area (Å²) in [4.78, 5) is 12.2. The van der Waals surface area contributed by atoms with E-state index >= 15 is 0 Å². The Hall–Kier alpha value is -1.40. The molecule has 0 radical (unpaired) electrons. The third-order valence-corrected chi connectivity index (χ3v) is 6.47. The van der Waals surface area contributed by atoms with E-state index in [4.69, 9.17) is 0 Å². The molecule has 1 aliphatic heterocycles. The van der Waals surface area contributed by atoms with E-state index in [1.54, 1.807) is 0 Å². The zero-order valence-corrected chi connectivity index (χ0v) is 16.1. The van der Waals surface area contributed by atoms with Gasteiger partial charge >= 0.3 is 0 Å². The maximum absolute atomic E-state index is 12.6. The molecule has 1 aliphatic rings. The van der Waals surface area contributed by atoms with Gasteiger partial charge < -0.3 is 5.32 Å². The van der Waals surface area contributed by atoms with Crippen LogP contribution in [0.2, 0.25) is 0 Å². The number of amides is 1. The van der Waals surface area contributed by atoms with Crippen molar-refractivity contribution in [1.82, 2.24) is 9.62 Å². The predicted molar refractivity (Wildman–Crippen MR) is 101 cm³/mol. The topological polar surface area (TPSA) is 66.5 Å². The fourth-order valence-electron chi connectivity index (χ4n) is 3.09. The van der Waals surface area contributed by atoms with Crippen LogP contribution in [0, 0.1) is 11.8 Å². The molecule has 1 heterocycles. The number of sulfonamides is 1. The van der Waals surface area contributed by atoms with Crippen molar-refractivity contribution in [3.05, 3.63) is 35.9 Å². The summed E-state index contributed by atoms with van der Waals surface area (Å²) in [5.74, 6) is 0.294. The lowest BCUT2D eigenvalue weighted by Crippen LogP contribution is -2.46. The molecule has 2 rings (SSSR count). The Labute approximate surface area is 151 Å². The maximum Gasteiger partial charge on any atom is 0.224 e. The minimum absolute atomic E-state index is 0.0158. The van der Waals surface area contributed by atoms with Crippen molar-refractivity contribution < 1.29 is 13.2 Å². The SMILES string of the molecule is CC(C)CNC(=O)[C@@H]1CCCN(S(=O)(=O)CCCc2ccccc2)C1. The summed E-state index contributed by atoms with van der Waals surface area (Å²) in [5.41, 5.74) is 1.15. The summed E-state index contributed by atoms with van der Waals surface area (Å²) < 4.78 is 26.7. The molecule has 0 unspecified atom stereocenters. The number of carbonyl (C=O) groups excluding carboxylic acids is 1. The van der Waals surface area contributed by atoms with Gasteiger partial charge in [0.05, 0.1) is 11.7 Å². The number of piperidine rings is 1. The van der Waals surface area contributed by atoms with Gasteiger partial charge in [-0.05, 0) is 37.2 Å². The van der Waals surface area contributed by atoms with Crippen molar-refractivity contribution in [2.24, 2.45) is 11.8 Å². The van der Waals surface area contributed by atoms with Crippen LogP contribution in [0.5, 0.6) is 0 Å².